The van der Waals surface area contributed by atoms with E-state index in [-0.39, 0.29) is 18.5 Å². The van der Waals surface area contributed by atoms with Gasteiger partial charge in [-0.15, -0.1) is 0 Å². The molecule has 1 aromatic heterocycles. The molecule has 0 aliphatic rings. The molecule has 3 rings (SSSR count). The van der Waals surface area contributed by atoms with Crippen LogP contribution in [-0.2, 0) is 17.1 Å². The summed E-state index contributed by atoms with van der Waals surface area (Å²) in [5.74, 6) is 3.02. The van der Waals surface area contributed by atoms with Gasteiger partial charge in [0.05, 0.1) is 36.0 Å². The number of imidazole rings is 1. The van der Waals surface area contributed by atoms with Crippen molar-refractivity contribution < 1.29 is 14.3 Å². The first kappa shape index (κ1) is 22.0. The summed E-state index contributed by atoms with van der Waals surface area (Å²) >= 11 is 1.69. The number of aromatic nitrogens is 2. The van der Waals surface area contributed by atoms with Crippen LogP contribution in [0.5, 0.6) is 11.5 Å². The zero-order chi connectivity index (χ0) is 21.5. The Kier molecular flexibility index (Phi) is 7.63. The molecule has 1 heterocycles. The van der Waals surface area contributed by atoms with Crippen LogP contribution in [0.2, 0.25) is 0 Å². The van der Waals surface area contributed by atoms with Gasteiger partial charge in [0.25, 0.3) is 0 Å². The van der Waals surface area contributed by atoms with Gasteiger partial charge in [0.1, 0.15) is 12.4 Å². The van der Waals surface area contributed by atoms with Gasteiger partial charge < -0.3 is 19.4 Å². The molecular formula is C23H29N3O3S. The zero-order valence-electron chi connectivity index (χ0n) is 18.0. The summed E-state index contributed by atoms with van der Waals surface area (Å²) in [4.78, 5) is 17.5. The number of benzene rings is 2. The lowest BCUT2D eigenvalue weighted by molar-refractivity contribution is -0.122. The molecule has 2 aromatic carbocycles. The molecule has 0 fully saturated rings. The van der Waals surface area contributed by atoms with E-state index in [1.54, 1.807) is 11.8 Å². The number of amides is 1. The molecule has 0 bridgehead atoms. The van der Waals surface area contributed by atoms with Crippen molar-refractivity contribution in [2.24, 2.45) is 0 Å². The van der Waals surface area contributed by atoms with Crippen LogP contribution in [-0.4, -0.2) is 34.9 Å². The number of carbonyl (C=O) groups excluding carboxylic acids is 1. The fraction of sp³-hybridized carbons (Fsp3) is 0.391. The number of hydrogen-bond acceptors (Lipinski definition) is 5. The van der Waals surface area contributed by atoms with Gasteiger partial charge in [0.15, 0.2) is 11.5 Å². The Morgan fingerprint density at radius 1 is 1.13 bits per heavy atom. The number of para-hydroxylation sites is 2. The van der Waals surface area contributed by atoms with Gasteiger partial charge in [-0.05, 0) is 56.9 Å². The summed E-state index contributed by atoms with van der Waals surface area (Å²) in [7, 11) is 0. The first-order valence-electron chi connectivity index (χ1n) is 10.2. The largest absolute Gasteiger partial charge is 0.490 e. The summed E-state index contributed by atoms with van der Waals surface area (Å²) in [6.45, 7) is 7.21. The third-order valence-electron chi connectivity index (χ3n) is 4.75. The minimum atomic E-state index is -0.161. The average molecular weight is 428 g/mol. The lowest BCUT2D eigenvalue weighted by Crippen LogP contribution is -2.30. The lowest BCUT2D eigenvalue weighted by atomic mass is 10.1. The zero-order valence-corrected chi connectivity index (χ0v) is 18.8. The van der Waals surface area contributed by atoms with Crippen LogP contribution in [0.4, 0.5) is 0 Å². The van der Waals surface area contributed by atoms with E-state index < -0.39 is 0 Å². The molecule has 1 amide bonds. The maximum Gasteiger partial charge on any atom is 0.240 e. The summed E-state index contributed by atoms with van der Waals surface area (Å²) < 4.78 is 13.3. The molecule has 30 heavy (non-hydrogen) atoms. The Hall–Kier alpha value is -2.67. The van der Waals surface area contributed by atoms with Gasteiger partial charge in [-0.3, -0.25) is 4.79 Å². The van der Waals surface area contributed by atoms with Crippen molar-refractivity contribution in [1.29, 1.82) is 0 Å². The molecule has 0 saturated heterocycles. The lowest BCUT2D eigenvalue weighted by Gasteiger charge is -2.18. The molecule has 6 nitrogen and oxygen atoms in total. The second-order valence-electron chi connectivity index (χ2n) is 6.90. The van der Waals surface area contributed by atoms with E-state index in [4.69, 9.17) is 9.47 Å². The monoisotopic (exact) mass is 427 g/mol. The number of thioether (sulfide) groups is 1. The minimum absolute atomic E-state index is 0.0557. The Bertz CT molecular complexity index is 1000. The van der Waals surface area contributed by atoms with Crippen molar-refractivity contribution in [3.05, 3.63) is 53.9 Å². The Morgan fingerprint density at radius 2 is 1.87 bits per heavy atom. The molecule has 0 aliphatic carbocycles. The van der Waals surface area contributed by atoms with Gasteiger partial charge in [-0.2, -0.15) is 11.8 Å². The third kappa shape index (κ3) is 5.08. The topological polar surface area (TPSA) is 65.4 Å². The highest BCUT2D eigenvalue weighted by molar-refractivity contribution is 7.97. The third-order valence-corrected chi connectivity index (χ3v) is 5.30. The van der Waals surface area contributed by atoms with Crippen molar-refractivity contribution in [3.63, 3.8) is 0 Å². The maximum atomic E-state index is 12.9. The second kappa shape index (κ2) is 10.4. The summed E-state index contributed by atoms with van der Waals surface area (Å²) in [6, 6.07) is 13.5. The average Bonchev–Trinajstić information content (AvgIpc) is 3.07. The number of fused-ring (bicyclic) bond motifs is 1. The second-order valence-corrected chi connectivity index (χ2v) is 7.76. The molecule has 1 unspecified atom stereocenters. The van der Waals surface area contributed by atoms with Crippen molar-refractivity contribution >= 4 is 28.7 Å². The fourth-order valence-electron chi connectivity index (χ4n) is 3.39. The van der Waals surface area contributed by atoms with E-state index in [1.807, 2.05) is 74.1 Å². The highest BCUT2D eigenvalue weighted by atomic mass is 32.2. The van der Waals surface area contributed by atoms with E-state index in [2.05, 4.69) is 10.3 Å². The Morgan fingerprint density at radius 3 is 2.60 bits per heavy atom. The number of nitrogens with one attached hydrogen (secondary N) is 1. The smallest absolute Gasteiger partial charge is 0.240 e. The van der Waals surface area contributed by atoms with Gasteiger partial charge in [0.2, 0.25) is 5.91 Å². The van der Waals surface area contributed by atoms with Crippen LogP contribution < -0.4 is 14.8 Å². The van der Waals surface area contributed by atoms with Crippen LogP contribution in [0.15, 0.2) is 42.5 Å². The van der Waals surface area contributed by atoms with Crippen LogP contribution in [0.1, 0.15) is 38.2 Å². The molecule has 1 N–H and O–H groups in total. The van der Waals surface area contributed by atoms with E-state index in [1.165, 1.54) is 0 Å². The number of rotatable bonds is 10. The predicted molar refractivity (Wildman–Crippen MR) is 122 cm³/mol. The first-order valence-corrected chi connectivity index (χ1v) is 11.6. The quantitative estimate of drug-likeness (QED) is 0.513. The van der Waals surface area contributed by atoms with E-state index >= 15 is 0 Å². The van der Waals surface area contributed by atoms with E-state index in [0.717, 1.165) is 28.2 Å². The van der Waals surface area contributed by atoms with Crippen molar-refractivity contribution in [1.82, 2.24) is 14.9 Å². The molecule has 3 aromatic rings. The normalized spacial score (nSPS) is 12.0. The van der Waals surface area contributed by atoms with Crippen LogP contribution in [0.25, 0.3) is 11.0 Å². The number of ether oxygens (including phenoxy) is 2. The Labute approximate surface area is 182 Å². The highest BCUT2D eigenvalue weighted by Crippen LogP contribution is 2.30. The molecular weight excluding hydrogens is 398 g/mol. The van der Waals surface area contributed by atoms with Gasteiger partial charge in [-0.1, -0.05) is 18.2 Å². The minimum Gasteiger partial charge on any atom is -0.490 e. The molecule has 0 radical (unpaired) electrons. The molecule has 0 saturated carbocycles. The number of carbonyl (C=O) groups is 1. The molecule has 0 spiro atoms. The molecule has 160 valence electrons. The van der Waals surface area contributed by atoms with E-state index in [0.29, 0.717) is 24.7 Å². The SMILES string of the molecule is CCOc1ccc(C(C)NC(=O)Cn2c(CSC)nc3ccccc32)cc1OCC. The summed E-state index contributed by atoms with van der Waals surface area (Å²) in [6.07, 6.45) is 2.04. The number of nitrogens with zero attached hydrogens (tertiary/aromatic N) is 2. The van der Waals surface area contributed by atoms with Crippen LogP contribution in [0.3, 0.4) is 0 Å². The molecule has 0 aliphatic heterocycles. The first-order chi connectivity index (χ1) is 14.6. The molecule has 7 heteroatoms. The van der Waals surface area contributed by atoms with Gasteiger partial charge in [0, 0.05) is 0 Å². The summed E-state index contributed by atoms with van der Waals surface area (Å²) in [5, 5.41) is 3.10. The van der Waals surface area contributed by atoms with E-state index in [9.17, 15) is 4.79 Å². The number of hydrogen-bond donors (Lipinski definition) is 1. The van der Waals surface area contributed by atoms with Crippen LogP contribution in [0, 0.1) is 0 Å². The standard InChI is InChI=1S/C23H29N3O3S/c1-5-28-20-12-11-17(13-21(20)29-6-2)16(3)24-23(27)14-26-19-10-8-7-9-18(19)25-22(26)15-30-4/h7-13,16H,5-6,14-15H2,1-4H3,(H,24,27). The van der Waals surface area contributed by atoms with Crippen molar-refractivity contribution in [3.8, 4) is 11.5 Å². The fourth-order valence-corrected chi connectivity index (χ4v) is 3.87. The highest BCUT2D eigenvalue weighted by Gasteiger charge is 2.16. The van der Waals surface area contributed by atoms with Gasteiger partial charge >= 0.3 is 0 Å². The Balaban J connectivity index is 1.76. The van der Waals surface area contributed by atoms with Crippen molar-refractivity contribution in [2.45, 2.75) is 39.1 Å². The predicted octanol–water partition coefficient (Wildman–Crippen LogP) is 4.57. The van der Waals surface area contributed by atoms with Crippen LogP contribution >= 0.6 is 11.8 Å². The maximum absolute atomic E-state index is 12.9. The van der Waals surface area contributed by atoms with Crippen molar-refractivity contribution in [2.75, 3.05) is 19.5 Å². The molecule has 1 atom stereocenters. The summed E-state index contributed by atoms with van der Waals surface area (Å²) in [5.41, 5.74) is 2.86. The van der Waals surface area contributed by atoms with Gasteiger partial charge in [-0.25, -0.2) is 4.98 Å².